The highest BCUT2D eigenvalue weighted by molar-refractivity contribution is 5.85. The summed E-state index contributed by atoms with van der Waals surface area (Å²) in [7, 11) is 0. The summed E-state index contributed by atoms with van der Waals surface area (Å²) in [5, 5.41) is 12.0. The molecule has 2 heterocycles. The van der Waals surface area contributed by atoms with Crippen molar-refractivity contribution in [1.29, 1.82) is 0 Å². The molecule has 94 valence electrons. The number of carbonyl (C=O) groups is 1. The zero-order valence-electron chi connectivity index (χ0n) is 9.42. The van der Waals surface area contributed by atoms with Gasteiger partial charge in [-0.05, 0) is 19.3 Å². The third-order valence-corrected chi connectivity index (χ3v) is 2.60. The maximum Gasteiger partial charge on any atom is 0.358 e. The fourth-order valence-electron chi connectivity index (χ4n) is 1.71. The van der Waals surface area contributed by atoms with E-state index in [-0.39, 0.29) is 18.4 Å². The Hall–Kier alpha value is -1.40. The van der Waals surface area contributed by atoms with Crippen LogP contribution in [-0.2, 0) is 16.1 Å². The maximum atomic E-state index is 10.6. The number of ether oxygens (including phenoxy) is 2. The lowest BCUT2D eigenvalue weighted by molar-refractivity contribution is -0.0477. The molecule has 6 heteroatoms. The third-order valence-electron chi connectivity index (χ3n) is 2.60. The van der Waals surface area contributed by atoms with Gasteiger partial charge in [-0.3, -0.25) is 0 Å². The lowest BCUT2D eigenvalue weighted by atomic mass is 10.1. The van der Waals surface area contributed by atoms with Gasteiger partial charge in [-0.1, -0.05) is 5.16 Å². The third kappa shape index (κ3) is 3.54. The standard InChI is InChI=1S/C11H15NO5/c13-11(14)10-5-9(17-12-10)7-15-6-8-3-1-2-4-16-8/h5,8H,1-4,6-7H2,(H,13,14). The highest BCUT2D eigenvalue weighted by atomic mass is 16.5. The summed E-state index contributed by atoms with van der Waals surface area (Å²) in [6.07, 6.45) is 3.43. The van der Waals surface area contributed by atoms with Crippen molar-refractivity contribution in [2.75, 3.05) is 13.2 Å². The molecule has 0 bridgehead atoms. The fourth-order valence-corrected chi connectivity index (χ4v) is 1.71. The van der Waals surface area contributed by atoms with E-state index in [2.05, 4.69) is 5.16 Å². The SMILES string of the molecule is O=C(O)c1cc(COCC2CCCCO2)on1. The van der Waals surface area contributed by atoms with E-state index in [0.717, 1.165) is 19.4 Å². The van der Waals surface area contributed by atoms with Crippen LogP contribution in [0.5, 0.6) is 0 Å². The predicted octanol–water partition coefficient (Wildman–Crippen LogP) is 1.46. The van der Waals surface area contributed by atoms with Crippen molar-refractivity contribution in [3.8, 4) is 0 Å². The van der Waals surface area contributed by atoms with Gasteiger partial charge < -0.3 is 19.1 Å². The second kappa shape index (κ2) is 5.79. The first-order chi connectivity index (χ1) is 8.25. The molecule has 1 aromatic rings. The van der Waals surface area contributed by atoms with Crippen LogP contribution >= 0.6 is 0 Å². The molecule has 0 aromatic carbocycles. The summed E-state index contributed by atoms with van der Waals surface area (Å²) in [6, 6.07) is 1.37. The minimum absolute atomic E-state index is 0.0995. The van der Waals surface area contributed by atoms with Crippen LogP contribution in [-0.4, -0.2) is 35.6 Å². The molecule has 0 saturated carbocycles. The number of aromatic carboxylic acids is 1. The normalized spacial score (nSPS) is 20.4. The zero-order chi connectivity index (χ0) is 12.1. The van der Waals surface area contributed by atoms with Crippen LogP contribution in [0.1, 0.15) is 35.5 Å². The molecule has 6 nitrogen and oxygen atoms in total. The molecule has 1 atom stereocenters. The minimum atomic E-state index is -1.10. The Labute approximate surface area is 98.5 Å². The number of hydrogen-bond donors (Lipinski definition) is 1. The van der Waals surface area contributed by atoms with E-state index >= 15 is 0 Å². The summed E-state index contributed by atoms with van der Waals surface area (Å²) in [6.45, 7) is 1.52. The Balaban J connectivity index is 1.71. The van der Waals surface area contributed by atoms with Gasteiger partial charge in [0.2, 0.25) is 0 Å². The van der Waals surface area contributed by atoms with Crippen LogP contribution in [0.2, 0.25) is 0 Å². The summed E-state index contributed by atoms with van der Waals surface area (Å²) in [5.41, 5.74) is -0.0995. The van der Waals surface area contributed by atoms with E-state index in [4.69, 9.17) is 19.1 Å². The van der Waals surface area contributed by atoms with Crippen molar-refractivity contribution in [3.63, 3.8) is 0 Å². The molecule has 1 aromatic heterocycles. The van der Waals surface area contributed by atoms with Crippen molar-refractivity contribution < 1.29 is 23.9 Å². The molecule has 2 rings (SSSR count). The Morgan fingerprint density at radius 1 is 1.59 bits per heavy atom. The minimum Gasteiger partial charge on any atom is -0.476 e. The predicted molar refractivity (Wildman–Crippen MR) is 56.7 cm³/mol. The molecule has 0 amide bonds. The lowest BCUT2D eigenvalue weighted by Crippen LogP contribution is -2.24. The van der Waals surface area contributed by atoms with E-state index in [1.165, 1.54) is 12.5 Å². The molecule has 1 unspecified atom stereocenters. The Morgan fingerprint density at radius 3 is 3.12 bits per heavy atom. The Morgan fingerprint density at radius 2 is 2.47 bits per heavy atom. The molecule has 0 spiro atoms. The maximum absolute atomic E-state index is 10.6. The second-order valence-corrected chi connectivity index (χ2v) is 3.99. The van der Waals surface area contributed by atoms with Crippen LogP contribution in [0, 0.1) is 0 Å². The van der Waals surface area contributed by atoms with Crippen molar-refractivity contribution in [1.82, 2.24) is 5.16 Å². The molecule has 17 heavy (non-hydrogen) atoms. The summed E-state index contributed by atoms with van der Waals surface area (Å²) < 4.78 is 15.7. The monoisotopic (exact) mass is 241 g/mol. The van der Waals surface area contributed by atoms with Crippen LogP contribution in [0.25, 0.3) is 0 Å². The molecule has 1 aliphatic rings. The van der Waals surface area contributed by atoms with Gasteiger partial charge in [-0.25, -0.2) is 4.79 Å². The molecular formula is C11H15NO5. The first-order valence-electron chi connectivity index (χ1n) is 5.64. The van der Waals surface area contributed by atoms with E-state index < -0.39 is 5.97 Å². The summed E-state index contributed by atoms with van der Waals surface area (Å²) >= 11 is 0. The summed E-state index contributed by atoms with van der Waals surface area (Å²) in [4.78, 5) is 10.6. The van der Waals surface area contributed by atoms with Crippen molar-refractivity contribution in [3.05, 3.63) is 17.5 Å². The topological polar surface area (TPSA) is 81.8 Å². The van der Waals surface area contributed by atoms with Crippen LogP contribution in [0.4, 0.5) is 0 Å². The van der Waals surface area contributed by atoms with Gasteiger partial charge in [0.25, 0.3) is 0 Å². The lowest BCUT2D eigenvalue weighted by Gasteiger charge is -2.21. The number of carboxylic acid groups (broad SMARTS) is 1. The van der Waals surface area contributed by atoms with Gasteiger partial charge in [0.15, 0.2) is 11.5 Å². The van der Waals surface area contributed by atoms with E-state index in [0.29, 0.717) is 12.4 Å². The van der Waals surface area contributed by atoms with Crippen LogP contribution < -0.4 is 0 Å². The van der Waals surface area contributed by atoms with Gasteiger partial charge in [0.1, 0.15) is 6.61 Å². The quantitative estimate of drug-likeness (QED) is 0.840. The van der Waals surface area contributed by atoms with Gasteiger partial charge in [-0.15, -0.1) is 0 Å². The molecule has 0 radical (unpaired) electrons. The fraction of sp³-hybridized carbons (Fsp3) is 0.636. The number of carboxylic acids is 1. The number of hydrogen-bond acceptors (Lipinski definition) is 5. The van der Waals surface area contributed by atoms with Crippen LogP contribution in [0.3, 0.4) is 0 Å². The molecule has 0 aliphatic carbocycles. The van der Waals surface area contributed by atoms with Crippen molar-refractivity contribution >= 4 is 5.97 Å². The highest BCUT2D eigenvalue weighted by Gasteiger charge is 2.15. The van der Waals surface area contributed by atoms with Gasteiger partial charge in [0.05, 0.1) is 12.7 Å². The first kappa shape index (κ1) is 12.1. The average molecular weight is 241 g/mol. The second-order valence-electron chi connectivity index (χ2n) is 3.99. The van der Waals surface area contributed by atoms with Crippen LogP contribution in [0.15, 0.2) is 10.6 Å². The Bertz CT molecular complexity index is 370. The van der Waals surface area contributed by atoms with Gasteiger partial charge >= 0.3 is 5.97 Å². The van der Waals surface area contributed by atoms with Gasteiger partial charge in [0, 0.05) is 12.7 Å². The summed E-state index contributed by atoms with van der Waals surface area (Å²) in [5.74, 6) is -0.686. The van der Waals surface area contributed by atoms with Gasteiger partial charge in [-0.2, -0.15) is 0 Å². The number of rotatable bonds is 5. The van der Waals surface area contributed by atoms with Crippen molar-refractivity contribution in [2.45, 2.75) is 32.0 Å². The number of nitrogens with zero attached hydrogens (tertiary/aromatic N) is 1. The van der Waals surface area contributed by atoms with E-state index in [1.807, 2.05) is 0 Å². The molecule has 1 saturated heterocycles. The Kier molecular flexibility index (Phi) is 4.11. The molecule has 1 N–H and O–H groups in total. The van der Waals surface area contributed by atoms with E-state index in [9.17, 15) is 4.79 Å². The van der Waals surface area contributed by atoms with E-state index in [1.54, 1.807) is 0 Å². The first-order valence-corrected chi connectivity index (χ1v) is 5.64. The molecule has 1 aliphatic heterocycles. The zero-order valence-corrected chi connectivity index (χ0v) is 9.42. The average Bonchev–Trinajstić information content (AvgIpc) is 2.79. The largest absolute Gasteiger partial charge is 0.476 e. The number of aromatic nitrogens is 1. The molecular weight excluding hydrogens is 226 g/mol. The molecule has 1 fully saturated rings. The van der Waals surface area contributed by atoms with Crippen molar-refractivity contribution in [2.24, 2.45) is 0 Å². The highest BCUT2D eigenvalue weighted by Crippen LogP contribution is 2.13. The smallest absolute Gasteiger partial charge is 0.358 e.